The number of allylic oxidation sites excluding steroid dienone is 1. The molecule has 6 nitrogen and oxygen atoms in total. The summed E-state index contributed by atoms with van der Waals surface area (Å²) < 4.78 is 36.8. The van der Waals surface area contributed by atoms with Crippen molar-refractivity contribution in [3.8, 4) is 0 Å². The Labute approximate surface area is 160 Å². The summed E-state index contributed by atoms with van der Waals surface area (Å²) in [6.45, 7) is 5.56. The molecule has 0 heterocycles. The topological polar surface area (TPSA) is 77.3 Å². The van der Waals surface area contributed by atoms with E-state index < -0.39 is 14.9 Å². The van der Waals surface area contributed by atoms with Gasteiger partial charge < -0.3 is 9.05 Å². The van der Waals surface area contributed by atoms with E-state index in [2.05, 4.69) is 10.00 Å². The van der Waals surface area contributed by atoms with E-state index in [-0.39, 0.29) is 13.2 Å². The second-order valence-electron chi connectivity index (χ2n) is 5.58. The lowest BCUT2D eigenvalue weighted by Crippen LogP contribution is -2.13. The number of hydrogen-bond donors (Lipinski definition) is 0. The average Bonchev–Trinajstić information content (AvgIpc) is 2.67. The maximum Gasteiger partial charge on any atom is 0.356 e. The molecule has 2 rings (SSSR count). The molecule has 27 heavy (non-hydrogen) atoms. The molecule has 0 atom stereocenters. The molecule has 0 aromatic heterocycles. The zero-order chi connectivity index (χ0) is 19.8. The van der Waals surface area contributed by atoms with Gasteiger partial charge in [-0.05, 0) is 45.0 Å². The minimum Gasteiger partial charge on any atom is -0.306 e. The van der Waals surface area contributed by atoms with Crippen molar-refractivity contribution in [1.82, 2.24) is 0 Å². The Balaban J connectivity index is 2.43. The quantitative estimate of drug-likeness (QED) is 0.407. The van der Waals surface area contributed by atoms with Crippen LogP contribution < -0.4 is 10.6 Å². The van der Waals surface area contributed by atoms with Gasteiger partial charge in [0.05, 0.1) is 24.7 Å². The molecule has 0 saturated heterocycles. The first-order valence-electron chi connectivity index (χ1n) is 8.66. The zero-order valence-corrected chi connectivity index (χ0v) is 17.5. The maximum absolute atomic E-state index is 13.7. The first kappa shape index (κ1) is 21.5. The lowest BCUT2D eigenvalue weighted by molar-refractivity contribution is 0.228. The van der Waals surface area contributed by atoms with Gasteiger partial charge >= 0.3 is 7.60 Å². The standard InChI is InChI=1S/C19H24N2O4P2/c1-4-24-26(22,25-5-2)16-17(3)20-21-27(23,18-12-8-6-9-13-18)19-14-10-7-11-15-19/h6-16H,4-5H2,1-3H3/b17-16+,21-20?. The van der Waals surface area contributed by atoms with Gasteiger partial charge in [0, 0.05) is 10.6 Å². The molecule has 0 radical (unpaired) electrons. The SMILES string of the molecule is CCOP(=O)(/C=C(\C)N=NP(=O)(c1ccccc1)c1ccccc1)OCC. The van der Waals surface area contributed by atoms with Crippen LogP contribution in [0, 0.1) is 0 Å². The summed E-state index contributed by atoms with van der Waals surface area (Å²) >= 11 is 0. The third-order valence-electron chi connectivity index (χ3n) is 3.50. The van der Waals surface area contributed by atoms with Gasteiger partial charge in [0.15, 0.2) is 0 Å². The van der Waals surface area contributed by atoms with E-state index in [0.717, 1.165) is 0 Å². The van der Waals surface area contributed by atoms with E-state index in [0.29, 0.717) is 16.3 Å². The molecule has 2 aromatic carbocycles. The van der Waals surface area contributed by atoms with E-state index in [1.54, 1.807) is 45.0 Å². The lowest BCUT2D eigenvalue weighted by atomic mass is 10.4. The third-order valence-corrected chi connectivity index (χ3v) is 7.77. The number of nitrogens with zero attached hydrogens (tertiary/aromatic N) is 2. The van der Waals surface area contributed by atoms with Gasteiger partial charge in [0.2, 0.25) is 0 Å². The van der Waals surface area contributed by atoms with Gasteiger partial charge in [0.25, 0.3) is 7.29 Å². The zero-order valence-electron chi connectivity index (χ0n) is 15.7. The molecule has 0 fully saturated rings. The fourth-order valence-corrected chi connectivity index (χ4v) is 5.75. The molecule has 0 aliphatic rings. The highest BCUT2D eigenvalue weighted by Gasteiger charge is 2.27. The predicted octanol–water partition coefficient (Wildman–Crippen LogP) is 5.50. The molecular formula is C19H24N2O4P2. The Morgan fingerprint density at radius 1 is 0.889 bits per heavy atom. The second-order valence-corrected chi connectivity index (χ2v) is 9.80. The van der Waals surface area contributed by atoms with Gasteiger partial charge in [-0.2, -0.15) is 5.11 Å². The largest absolute Gasteiger partial charge is 0.356 e. The Hall–Kier alpha value is -1.84. The van der Waals surface area contributed by atoms with Crippen LogP contribution in [-0.2, 0) is 18.2 Å². The predicted molar refractivity (Wildman–Crippen MR) is 109 cm³/mol. The second kappa shape index (κ2) is 9.91. The molecule has 0 spiro atoms. The van der Waals surface area contributed by atoms with Gasteiger partial charge in [-0.3, -0.25) is 9.13 Å². The summed E-state index contributed by atoms with van der Waals surface area (Å²) in [5.41, 5.74) is 0.312. The number of hydrogen-bond acceptors (Lipinski definition) is 5. The van der Waals surface area contributed by atoms with Crippen LogP contribution in [0.25, 0.3) is 0 Å². The van der Waals surface area contributed by atoms with E-state index in [9.17, 15) is 9.13 Å². The molecule has 0 aliphatic heterocycles. The minimum atomic E-state index is -3.41. The van der Waals surface area contributed by atoms with Crippen LogP contribution >= 0.6 is 14.9 Å². The van der Waals surface area contributed by atoms with Crippen molar-refractivity contribution in [2.45, 2.75) is 20.8 Å². The van der Waals surface area contributed by atoms with Crippen LogP contribution in [0.3, 0.4) is 0 Å². The summed E-state index contributed by atoms with van der Waals surface area (Å²) in [5.74, 6) is 1.31. The smallest absolute Gasteiger partial charge is 0.306 e. The van der Waals surface area contributed by atoms with Crippen molar-refractivity contribution in [3.05, 3.63) is 72.2 Å². The fraction of sp³-hybridized carbons (Fsp3) is 0.263. The Morgan fingerprint density at radius 3 is 1.74 bits per heavy atom. The van der Waals surface area contributed by atoms with Crippen LogP contribution in [0.15, 0.2) is 82.2 Å². The van der Waals surface area contributed by atoms with Crippen molar-refractivity contribution in [2.24, 2.45) is 10.00 Å². The summed E-state index contributed by atoms with van der Waals surface area (Å²) in [6, 6.07) is 18.0. The van der Waals surface area contributed by atoms with Crippen molar-refractivity contribution in [2.75, 3.05) is 13.2 Å². The monoisotopic (exact) mass is 406 g/mol. The van der Waals surface area contributed by atoms with E-state index in [1.165, 1.54) is 5.82 Å². The molecule has 0 N–H and O–H groups in total. The lowest BCUT2D eigenvalue weighted by Gasteiger charge is -2.14. The van der Waals surface area contributed by atoms with Crippen LogP contribution in [0.4, 0.5) is 0 Å². The molecule has 8 heteroatoms. The molecule has 0 saturated carbocycles. The van der Waals surface area contributed by atoms with Crippen LogP contribution in [0.2, 0.25) is 0 Å². The Kier molecular flexibility index (Phi) is 7.88. The molecule has 2 aromatic rings. The maximum atomic E-state index is 13.7. The molecule has 0 unspecified atom stereocenters. The Morgan fingerprint density at radius 2 is 1.33 bits per heavy atom. The normalized spacial score (nSPS) is 13.2. The first-order valence-corrected chi connectivity index (χ1v) is 11.9. The van der Waals surface area contributed by atoms with Gasteiger partial charge in [-0.1, -0.05) is 36.4 Å². The third kappa shape index (κ3) is 5.82. The van der Waals surface area contributed by atoms with Crippen molar-refractivity contribution < 1.29 is 18.2 Å². The van der Waals surface area contributed by atoms with Crippen LogP contribution in [0.5, 0.6) is 0 Å². The van der Waals surface area contributed by atoms with Gasteiger partial charge in [0.1, 0.15) is 0 Å². The average molecular weight is 406 g/mol. The highest BCUT2D eigenvalue weighted by atomic mass is 31.2. The summed E-state index contributed by atoms with van der Waals surface area (Å²) in [4.78, 5) is 4.18. The van der Waals surface area contributed by atoms with Gasteiger partial charge in [-0.25, -0.2) is 0 Å². The van der Waals surface area contributed by atoms with Crippen molar-refractivity contribution in [3.63, 3.8) is 0 Å². The van der Waals surface area contributed by atoms with Crippen LogP contribution in [-0.4, -0.2) is 13.2 Å². The Bertz CT molecular complexity index is 830. The molecule has 0 amide bonds. The summed E-state index contributed by atoms with van der Waals surface area (Å²) in [7, 11) is -6.73. The first-order chi connectivity index (χ1) is 12.9. The van der Waals surface area contributed by atoms with Crippen molar-refractivity contribution >= 4 is 25.5 Å². The molecule has 144 valence electrons. The van der Waals surface area contributed by atoms with E-state index in [1.807, 2.05) is 36.4 Å². The number of benzene rings is 2. The minimum absolute atomic E-state index is 0.241. The molecule has 0 bridgehead atoms. The summed E-state index contributed by atoms with van der Waals surface area (Å²) in [6.07, 6.45) is 0. The molecule has 0 aliphatic carbocycles. The molecular weight excluding hydrogens is 382 g/mol. The van der Waals surface area contributed by atoms with Gasteiger partial charge in [-0.15, -0.1) is 4.88 Å². The highest BCUT2D eigenvalue weighted by molar-refractivity contribution is 7.77. The van der Waals surface area contributed by atoms with Crippen LogP contribution in [0.1, 0.15) is 20.8 Å². The van der Waals surface area contributed by atoms with E-state index in [4.69, 9.17) is 9.05 Å². The van der Waals surface area contributed by atoms with Crippen molar-refractivity contribution in [1.29, 1.82) is 0 Å². The fourth-order valence-electron chi connectivity index (χ4n) is 2.37. The summed E-state index contributed by atoms with van der Waals surface area (Å²) in [5, 5.41) is 5.24. The number of rotatable bonds is 9. The highest BCUT2D eigenvalue weighted by Crippen LogP contribution is 2.51. The van der Waals surface area contributed by atoms with E-state index >= 15 is 0 Å².